The molecule has 1 aliphatic heterocycles. The van der Waals surface area contributed by atoms with Gasteiger partial charge in [-0.1, -0.05) is 33.6 Å². The number of hydrogen-bond donors (Lipinski definition) is 2. The van der Waals surface area contributed by atoms with Crippen molar-refractivity contribution in [2.45, 2.75) is 84.2 Å². The van der Waals surface area contributed by atoms with Gasteiger partial charge in [-0.15, -0.1) is 0 Å². The first-order chi connectivity index (χ1) is 10.6. The van der Waals surface area contributed by atoms with E-state index in [-0.39, 0.29) is 0 Å². The summed E-state index contributed by atoms with van der Waals surface area (Å²) in [5.41, 5.74) is 0. The zero-order valence-electron chi connectivity index (χ0n) is 15.0. The Morgan fingerprint density at radius 3 is 2.45 bits per heavy atom. The SMILES string of the molecule is CCCCNC1CCN(C(=O)CCCCCNC(C)C)CC1. The van der Waals surface area contributed by atoms with Crippen molar-refractivity contribution in [2.75, 3.05) is 26.2 Å². The van der Waals surface area contributed by atoms with Gasteiger partial charge in [-0.2, -0.15) is 0 Å². The second kappa shape index (κ2) is 11.9. The van der Waals surface area contributed by atoms with E-state index in [1.807, 2.05) is 0 Å². The maximum atomic E-state index is 12.2. The average Bonchev–Trinajstić information content (AvgIpc) is 2.51. The Bertz CT molecular complexity index is 286. The van der Waals surface area contributed by atoms with Gasteiger partial charge in [0.05, 0.1) is 0 Å². The zero-order chi connectivity index (χ0) is 16.2. The number of unbranched alkanes of at least 4 members (excludes halogenated alkanes) is 3. The lowest BCUT2D eigenvalue weighted by Gasteiger charge is -2.32. The lowest BCUT2D eigenvalue weighted by Crippen LogP contribution is -2.45. The van der Waals surface area contributed by atoms with E-state index in [0.29, 0.717) is 18.0 Å². The Labute approximate surface area is 137 Å². The Hall–Kier alpha value is -0.610. The van der Waals surface area contributed by atoms with E-state index in [2.05, 4.69) is 36.3 Å². The summed E-state index contributed by atoms with van der Waals surface area (Å²) < 4.78 is 0. The molecule has 130 valence electrons. The van der Waals surface area contributed by atoms with Gasteiger partial charge in [-0.05, 0) is 45.2 Å². The Balaban J connectivity index is 2.02. The predicted octanol–water partition coefficient (Wildman–Crippen LogP) is 2.93. The van der Waals surface area contributed by atoms with Crippen molar-refractivity contribution in [1.29, 1.82) is 0 Å². The smallest absolute Gasteiger partial charge is 0.222 e. The van der Waals surface area contributed by atoms with E-state index in [0.717, 1.165) is 58.3 Å². The molecule has 0 radical (unpaired) electrons. The van der Waals surface area contributed by atoms with Crippen LogP contribution in [0.3, 0.4) is 0 Å². The van der Waals surface area contributed by atoms with Crippen LogP contribution >= 0.6 is 0 Å². The van der Waals surface area contributed by atoms with E-state index in [1.54, 1.807) is 0 Å². The molecule has 2 N–H and O–H groups in total. The van der Waals surface area contributed by atoms with Gasteiger partial charge in [-0.25, -0.2) is 0 Å². The van der Waals surface area contributed by atoms with Crippen LogP contribution in [0.4, 0.5) is 0 Å². The van der Waals surface area contributed by atoms with Gasteiger partial charge in [0, 0.05) is 31.6 Å². The highest BCUT2D eigenvalue weighted by atomic mass is 16.2. The summed E-state index contributed by atoms with van der Waals surface area (Å²) >= 11 is 0. The molecule has 0 saturated carbocycles. The van der Waals surface area contributed by atoms with E-state index < -0.39 is 0 Å². The third-order valence-corrected chi connectivity index (χ3v) is 4.43. The largest absolute Gasteiger partial charge is 0.343 e. The highest BCUT2D eigenvalue weighted by Gasteiger charge is 2.21. The van der Waals surface area contributed by atoms with Crippen molar-refractivity contribution in [2.24, 2.45) is 0 Å². The fourth-order valence-electron chi connectivity index (χ4n) is 2.94. The van der Waals surface area contributed by atoms with Crippen molar-refractivity contribution in [3.63, 3.8) is 0 Å². The first-order valence-electron chi connectivity index (χ1n) is 9.38. The van der Waals surface area contributed by atoms with Gasteiger partial charge in [0.2, 0.25) is 5.91 Å². The molecule has 0 bridgehead atoms. The minimum absolute atomic E-state index is 0.365. The number of hydrogen-bond acceptors (Lipinski definition) is 3. The van der Waals surface area contributed by atoms with Gasteiger partial charge >= 0.3 is 0 Å². The van der Waals surface area contributed by atoms with Gasteiger partial charge in [0.25, 0.3) is 0 Å². The molecule has 0 spiro atoms. The summed E-state index contributed by atoms with van der Waals surface area (Å²) in [6, 6.07) is 1.19. The van der Waals surface area contributed by atoms with E-state index in [1.165, 1.54) is 19.3 Å². The minimum atomic E-state index is 0.365. The number of nitrogens with one attached hydrogen (secondary N) is 2. The van der Waals surface area contributed by atoms with Crippen LogP contribution in [0.15, 0.2) is 0 Å². The minimum Gasteiger partial charge on any atom is -0.343 e. The maximum absolute atomic E-state index is 12.2. The Kier molecular flexibility index (Phi) is 10.5. The standard InChI is InChI=1S/C18H37N3O/c1-4-5-12-20-17-10-14-21(15-11-17)18(22)9-7-6-8-13-19-16(2)3/h16-17,19-20H,4-15H2,1-3H3. The van der Waals surface area contributed by atoms with Crippen molar-refractivity contribution >= 4 is 5.91 Å². The van der Waals surface area contributed by atoms with Crippen molar-refractivity contribution in [1.82, 2.24) is 15.5 Å². The normalized spacial score (nSPS) is 16.5. The Morgan fingerprint density at radius 1 is 1.09 bits per heavy atom. The number of carbonyl (C=O) groups is 1. The van der Waals surface area contributed by atoms with Crippen molar-refractivity contribution < 1.29 is 4.79 Å². The molecule has 22 heavy (non-hydrogen) atoms. The molecule has 0 aromatic carbocycles. The second-order valence-corrected chi connectivity index (χ2v) is 6.88. The van der Waals surface area contributed by atoms with Crippen LogP contribution in [0.5, 0.6) is 0 Å². The molecular weight excluding hydrogens is 274 g/mol. The molecule has 0 atom stereocenters. The third kappa shape index (κ3) is 8.74. The molecule has 1 saturated heterocycles. The summed E-state index contributed by atoms with van der Waals surface area (Å²) in [6.07, 6.45) is 8.83. The van der Waals surface area contributed by atoms with Gasteiger partial charge in [0.15, 0.2) is 0 Å². The first kappa shape index (κ1) is 19.4. The molecule has 1 heterocycles. The first-order valence-corrected chi connectivity index (χ1v) is 9.38. The molecule has 1 fully saturated rings. The van der Waals surface area contributed by atoms with Crippen molar-refractivity contribution in [3.8, 4) is 0 Å². The van der Waals surface area contributed by atoms with Crippen LogP contribution in [0.1, 0.15) is 72.1 Å². The quantitative estimate of drug-likeness (QED) is 0.577. The number of nitrogens with zero attached hydrogens (tertiary/aromatic N) is 1. The van der Waals surface area contributed by atoms with E-state index >= 15 is 0 Å². The molecule has 1 aliphatic rings. The highest BCUT2D eigenvalue weighted by Crippen LogP contribution is 2.13. The Morgan fingerprint density at radius 2 is 1.82 bits per heavy atom. The summed E-state index contributed by atoms with van der Waals surface area (Å²) in [6.45, 7) is 10.6. The topological polar surface area (TPSA) is 44.4 Å². The molecule has 0 aromatic heterocycles. The fraction of sp³-hybridized carbons (Fsp3) is 0.944. The summed E-state index contributed by atoms with van der Waals surface area (Å²) in [4.78, 5) is 14.3. The highest BCUT2D eigenvalue weighted by molar-refractivity contribution is 5.76. The maximum Gasteiger partial charge on any atom is 0.222 e. The number of piperidine rings is 1. The number of amides is 1. The summed E-state index contributed by atoms with van der Waals surface area (Å²) in [7, 11) is 0. The average molecular weight is 312 g/mol. The van der Waals surface area contributed by atoms with Crippen LogP contribution in [0.2, 0.25) is 0 Å². The van der Waals surface area contributed by atoms with E-state index in [4.69, 9.17) is 0 Å². The summed E-state index contributed by atoms with van der Waals surface area (Å²) in [5, 5.41) is 7.03. The molecular formula is C18H37N3O. The lowest BCUT2D eigenvalue weighted by atomic mass is 10.0. The van der Waals surface area contributed by atoms with Crippen LogP contribution in [0, 0.1) is 0 Å². The molecule has 0 aromatic rings. The van der Waals surface area contributed by atoms with Crippen molar-refractivity contribution in [3.05, 3.63) is 0 Å². The number of rotatable bonds is 11. The van der Waals surface area contributed by atoms with E-state index in [9.17, 15) is 4.79 Å². The second-order valence-electron chi connectivity index (χ2n) is 6.88. The molecule has 0 aliphatic carbocycles. The monoisotopic (exact) mass is 311 g/mol. The fourth-order valence-corrected chi connectivity index (χ4v) is 2.94. The van der Waals surface area contributed by atoms with Gasteiger partial charge in [0.1, 0.15) is 0 Å². The predicted molar refractivity (Wildman–Crippen MR) is 94.1 cm³/mol. The molecule has 4 heteroatoms. The molecule has 0 unspecified atom stereocenters. The molecule has 1 rings (SSSR count). The number of carbonyl (C=O) groups excluding carboxylic acids is 1. The molecule has 4 nitrogen and oxygen atoms in total. The third-order valence-electron chi connectivity index (χ3n) is 4.43. The number of likely N-dealkylation sites (tertiary alicyclic amines) is 1. The van der Waals surface area contributed by atoms with Gasteiger partial charge in [-0.3, -0.25) is 4.79 Å². The van der Waals surface area contributed by atoms with Crippen LogP contribution < -0.4 is 10.6 Å². The lowest BCUT2D eigenvalue weighted by molar-refractivity contribution is -0.132. The van der Waals surface area contributed by atoms with Gasteiger partial charge < -0.3 is 15.5 Å². The zero-order valence-corrected chi connectivity index (χ0v) is 15.0. The molecule has 1 amide bonds. The van der Waals surface area contributed by atoms with Crippen LogP contribution in [-0.2, 0) is 4.79 Å². The summed E-state index contributed by atoms with van der Waals surface area (Å²) in [5.74, 6) is 0.365. The van der Waals surface area contributed by atoms with Crippen LogP contribution in [0.25, 0.3) is 0 Å². The van der Waals surface area contributed by atoms with Crippen LogP contribution in [-0.4, -0.2) is 49.1 Å².